The quantitative estimate of drug-likeness (QED) is 0.670. The number of nitrogens with zero attached hydrogens (tertiary/aromatic N) is 5. The fraction of sp³-hybridized carbons (Fsp3) is 0.455. The van der Waals surface area contributed by atoms with Crippen LogP contribution in [0.15, 0.2) is 6.20 Å². The van der Waals surface area contributed by atoms with Crippen LogP contribution < -0.4 is 5.32 Å². The number of rotatable bonds is 4. The third-order valence-corrected chi connectivity index (χ3v) is 2.97. The van der Waals surface area contributed by atoms with Crippen LogP contribution in [-0.4, -0.2) is 24.3 Å². The monoisotopic (exact) mass is 264 g/mol. The Balaban J connectivity index is 2.45. The third kappa shape index (κ3) is 2.28. The molecule has 102 valence electrons. The number of aromatic nitrogens is 4. The van der Waals surface area contributed by atoms with Crippen LogP contribution >= 0.6 is 0 Å². The van der Waals surface area contributed by atoms with E-state index in [4.69, 9.17) is 0 Å². The molecule has 1 N–H and O–H groups in total. The van der Waals surface area contributed by atoms with Gasteiger partial charge in [0.1, 0.15) is 0 Å². The second-order valence-corrected chi connectivity index (χ2v) is 4.29. The van der Waals surface area contributed by atoms with E-state index in [0.29, 0.717) is 11.6 Å². The standard InChI is InChI=1S/C11H16N6O2/c1-5-8-9(6-15(3)14-8)13-10-11(17(18)19)12-7(2)16(10)4/h6,13H,5H2,1-4H3. The van der Waals surface area contributed by atoms with Gasteiger partial charge in [0.15, 0.2) is 0 Å². The van der Waals surface area contributed by atoms with Gasteiger partial charge in [-0.05, 0) is 16.3 Å². The zero-order valence-corrected chi connectivity index (χ0v) is 11.3. The number of hydrogen-bond acceptors (Lipinski definition) is 5. The molecule has 19 heavy (non-hydrogen) atoms. The molecule has 0 fully saturated rings. The lowest BCUT2D eigenvalue weighted by molar-refractivity contribution is -0.388. The van der Waals surface area contributed by atoms with Gasteiger partial charge in [0.05, 0.1) is 11.4 Å². The second-order valence-electron chi connectivity index (χ2n) is 4.29. The van der Waals surface area contributed by atoms with Crippen LogP contribution in [0.1, 0.15) is 18.4 Å². The van der Waals surface area contributed by atoms with Crippen molar-refractivity contribution in [2.45, 2.75) is 20.3 Å². The van der Waals surface area contributed by atoms with Gasteiger partial charge in [-0.2, -0.15) is 5.10 Å². The molecular weight excluding hydrogens is 248 g/mol. The third-order valence-electron chi connectivity index (χ3n) is 2.97. The molecule has 0 spiro atoms. The molecule has 0 aliphatic heterocycles. The molecule has 0 radical (unpaired) electrons. The van der Waals surface area contributed by atoms with Gasteiger partial charge < -0.3 is 15.4 Å². The van der Waals surface area contributed by atoms with E-state index in [1.807, 2.05) is 14.0 Å². The minimum Gasteiger partial charge on any atom is -0.358 e. The van der Waals surface area contributed by atoms with Crippen molar-refractivity contribution in [2.24, 2.45) is 14.1 Å². The summed E-state index contributed by atoms with van der Waals surface area (Å²) in [5.74, 6) is 0.771. The SMILES string of the molecule is CCc1nn(C)cc1Nc1c([N+](=O)[O-])nc(C)n1C. The number of anilines is 2. The summed E-state index contributed by atoms with van der Waals surface area (Å²) < 4.78 is 3.33. The molecular formula is C11H16N6O2. The molecule has 0 amide bonds. The summed E-state index contributed by atoms with van der Waals surface area (Å²) in [6, 6.07) is 0. The molecule has 0 atom stereocenters. The number of nitrogens with one attached hydrogen (secondary N) is 1. The van der Waals surface area contributed by atoms with E-state index in [0.717, 1.165) is 17.8 Å². The average molecular weight is 264 g/mol. The van der Waals surface area contributed by atoms with Gasteiger partial charge in [-0.3, -0.25) is 9.25 Å². The molecule has 0 saturated heterocycles. The number of hydrogen-bond donors (Lipinski definition) is 1. The maximum atomic E-state index is 11.0. The molecule has 0 aliphatic carbocycles. The van der Waals surface area contributed by atoms with Crippen LogP contribution in [0.25, 0.3) is 0 Å². The van der Waals surface area contributed by atoms with Gasteiger partial charge >= 0.3 is 5.82 Å². The number of aryl methyl sites for hydroxylation is 3. The first-order valence-electron chi connectivity index (χ1n) is 5.91. The molecule has 0 bridgehead atoms. The highest BCUT2D eigenvalue weighted by Crippen LogP contribution is 2.28. The topological polar surface area (TPSA) is 90.8 Å². The predicted molar refractivity (Wildman–Crippen MR) is 70.5 cm³/mol. The van der Waals surface area contributed by atoms with Crippen molar-refractivity contribution in [3.63, 3.8) is 0 Å². The Morgan fingerprint density at radius 2 is 2.16 bits per heavy atom. The summed E-state index contributed by atoms with van der Waals surface area (Å²) in [5.41, 5.74) is 1.62. The van der Waals surface area contributed by atoms with Gasteiger partial charge in [0, 0.05) is 27.2 Å². The summed E-state index contributed by atoms with van der Waals surface area (Å²) >= 11 is 0. The summed E-state index contributed by atoms with van der Waals surface area (Å²) in [7, 11) is 3.55. The molecule has 2 rings (SSSR count). The van der Waals surface area contributed by atoms with Gasteiger partial charge in [0.25, 0.3) is 0 Å². The summed E-state index contributed by atoms with van der Waals surface area (Å²) in [4.78, 5) is 14.5. The highest BCUT2D eigenvalue weighted by molar-refractivity contribution is 5.65. The van der Waals surface area contributed by atoms with Crippen molar-refractivity contribution >= 4 is 17.3 Å². The van der Waals surface area contributed by atoms with Crippen molar-refractivity contribution in [3.8, 4) is 0 Å². The van der Waals surface area contributed by atoms with E-state index in [-0.39, 0.29) is 5.82 Å². The Kier molecular flexibility index (Phi) is 3.24. The molecule has 2 heterocycles. The molecule has 8 nitrogen and oxygen atoms in total. The Hall–Kier alpha value is -2.38. The van der Waals surface area contributed by atoms with Crippen LogP contribution in [0, 0.1) is 17.0 Å². The zero-order valence-electron chi connectivity index (χ0n) is 11.3. The Morgan fingerprint density at radius 3 is 2.74 bits per heavy atom. The van der Waals surface area contributed by atoms with Crippen molar-refractivity contribution in [1.82, 2.24) is 19.3 Å². The van der Waals surface area contributed by atoms with Crippen molar-refractivity contribution in [2.75, 3.05) is 5.32 Å². The lowest BCUT2D eigenvalue weighted by Gasteiger charge is -2.05. The van der Waals surface area contributed by atoms with Gasteiger partial charge in [-0.1, -0.05) is 6.92 Å². The molecule has 2 aromatic rings. The van der Waals surface area contributed by atoms with Crippen LogP contribution in [0.4, 0.5) is 17.3 Å². The lowest BCUT2D eigenvalue weighted by atomic mass is 10.3. The van der Waals surface area contributed by atoms with Crippen LogP contribution in [0.2, 0.25) is 0 Å². The minimum atomic E-state index is -0.489. The smallest absolute Gasteiger partial charge is 0.358 e. The molecule has 0 aliphatic rings. The van der Waals surface area contributed by atoms with Gasteiger partial charge in [0.2, 0.25) is 11.6 Å². The van der Waals surface area contributed by atoms with Crippen LogP contribution in [0.5, 0.6) is 0 Å². The zero-order chi connectivity index (χ0) is 14.2. The maximum absolute atomic E-state index is 11.0. The van der Waals surface area contributed by atoms with E-state index in [1.165, 1.54) is 0 Å². The van der Waals surface area contributed by atoms with Gasteiger partial charge in [-0.15, -0.1) is 0 Å². The summed E-state index contributed by atoms with van der Waals surface area (Å²) in [6.07, 6.45) is 2.54. The highest BCUT2D eigenvalue weighted by atomic mass is 16.6. The first-order valence-corrected chi connectivity index (χ1v) is 5.91. The predicted octanol–water partition coefficient (Wildman–Crippen LogP) is 1.68. The molecule has 2 aromatic heterocycles. The fourth-order valence-corrected chi connectivity index (χ4v) is 1.89. The lowest BCUT2D eigenvalue weighted by Crippen LogP contribution is -2.02. The fourth-order valence-electron chi connectivity index (χ4n) is 1.89. The highest BCUT2D eigenvalue weighted by Gasteiger charge is 2.24. The Bertz CT molecular complexity index is 627. The Labute approximate surface area is 110 Å². The van der Waals surface area contributed by atoms with Crippen LogP contribution in [-0.2, 0) is 20.5 Å². The van der Waals surface area contributed by atoms with E-state index in [2.05, 4.69) is 15.4 Å². The summed E-state index contributed by atoms with van der Waals surface area (Å²) in [5, 5.41) is 18.4. The molecule has 8 heteroatoms. The van der Waals surface area contributed by atoms with E-state index < -0.39 is 4.92 Å². The van der Waals surface area contributed by atoms with E-state index >= 15 is 0 Å². The molecule has 0 unspecified atom stereocenters. The summed E-state index contributed by atoms with van der Waals surface area (Å²) in [6.45, 7) is 3.71. The maximum Gasteiger partial charge on any atom is 0.407 e. The van der Waals surface area contributed by atoms with E-state index in [1.54, 1.807) is 29.4 Å². The average Bonchev–Trinajstić information content (AvgIpc) is 2.84. The van der Waals surface area contributed by atoms with Crippen molar-refractivity contribution < 1.29 is 4.92 Å². The normalized spacial score (nSPS) is 10.7. The largest absolute Gasteiger partial charge is 0.407 e. The number of nitro groups is 1. The first kappa shape index (κ1) is 13.1. The molecule has 0 aromatic carbocycles. The second kappa shape index (κ2) is 4.71. The molecule has 0 saturated carbocycles. The minimum absolute atomic E-state index is 0.175. The van der Waals surface area contributed by atoms with Crippen LogP contribution in [0.3, 0.4) is 0 Å². The number of imidazole rings is 1. The van der Waals surface area contributed by atoms with Gasteiger partial charge in [-0.25, -0.2) is 0 Å². The van der Waals surface area contributed by atoms with Crippen molar-refractivity contribution in [3.05, 3.63) is 27.8 Å². The Morgan fingerprint density at radius 1 is 1.47 bits per heavy atom. The van der Waals surface area contributed by atoms with Crippen molar-refractivity contribution in [1.29, 1.82) is 0 Å². The van der Waals surface area contributed by atoms with E-state index in [9.17, 15) is 10.1 Å². The first-order chi connectivity index (χ1) is 8.93.